The quantitative estimate of drug-likeness (QED) is 0.824. The number of hydrogen-bond donors (Lipinski definition) is 0. The molecule has 0 saturated carbocycles. The van der Waals surface area contributed by atoms with E-state index in [1.807, 2.05) is 6.92 Å². The molecule has 21 heavy (non-hydrogen) atoms. The van der Waals surface area contributed by atoms with E-state index in [1.54, 1.807) is 5.56 Å². The highest BCUT2D eigenvalue weighted by Crippen LogP contribution is 2.27. The average Bonchev–Trinajstić information content (AvgIpc) is 3.06. The number of aryl methyl sites for hydroxylation is 1. The molecule has 114 valence electrons. The molecule has 0 aromatic heterocycles. The Labute approximate surface area is 128 Å². The van der Waals surface area contributed by atoms with E-state index in [9.17, 15) is 4.79 Å². The van der Waals surface area contributed by atoms with Crippen LogP contribution in [0.1, 0.15) is 55.7 Å². The van der Waals surface area contributed by atoms with Crippen LogP contribution in [-0.2, 0) is 24.1 Å². The van der Waals surface area contributed by atoms with E-state index in [-0.39, 0.29) is 6.04 Å². The first-order valence-electron chi connectivity index (χ1n) is 8.66. The smallest absolute Gasteiger partial charge is 0.150 e. The van der Waals surface area contributed by atoms with Crippen LogP contribution in [0.25, 0.3) is 0 Å². The van der Waals surface area contributed by atoms with Crippen molar-refractivity contribution in [3.8, 4) is 0 Å². The number of carbonyl (C=O) groups is 1. The standard InChI is InChI=1S/C19H27NO/c1-2-19(21)18(20-12-5-6-13-20)14-16-10-7-9-15-8-3-4-11-17(15)16/h7,9-10,18H,2-6,8,11-14H2,1H3. The van der Waals surface area contributed by atoms with Gasteiger partial charge in [-0.05, 0) is 74.7 Å². The SMILES string of the molecule is CCC(=O)C(Cc1cccc2c1CCCC2)N1CCCC1. The van der Waals surface area contributed by atoms with Crippen molar-refractivity contribution in [3.05, 3.63) is 34.9 Å². The minimum atomic E-state index is 0.117. The normalized spacial score (nSPS) is 20.2. The zero-order valence-electron chi connectivity index (χ0n) is 13.2. The molecule has 0 amide bonds. The first-order valence-corrected chi connectivity index (χ1v) is 8.66. The van der Waals surface area contributed by atoms with Gasteiger partial charge in [-0.3, -0.25) is 9.69 Å². The molecule has 1 aromatic rings. The van der Waals surface area contributed by atoms with Gasteiger partial charge in [0, 0.05) is 6.42 Å². The number of benzene rings is 1. The Morgan fingerprint density at radius 1 is 1.14 bits per heavy atom. The third-order valence-corrected chi connectivity index (χ3v) is 5.21. The zero-order valence-corrected chi connectivity index (χ0v) is 13.2. The summed E-state index contributed by atoms with van der Waals surface area (Å²) in [4.78, 5) is 14.9. The average molecular weight is 285 g/mol. The summed E-state index contributed by atoms with van der Waals surface area (Å²) in [6.45, 7) is 4.21. The van der Waals surface area contributed by atoms with Gasteiger partial charge in [-0.2, -0.15) is 0 Å². The molecule has 0 spiro atoms. The summed E-state index contributed by atoms with van der Waals surface area (Å²) in [5.74, 6) is 0.422. The van der Waals surface area contributed by atoms with Crippen LogP contribution in [0.4, 0.5) is 0 Å². The largest absolute Gasteiger partial charge is 0.298 e. The van der Waals surface area contributed by atoms with Gasteiger partial charge in [0.25, 0.3) is 0 Å². The van der Waals surface area contributed by atoms with Crippen molar-refractivity contribution >= 4 is 5.78 Å². The Bertz CT molecular complexity index is 502. The number of fused-ring (bicyclic) bond motifs is 1. The monoisotopic (exact) mass is 285 g/mol. The van der Waals surface area contributed by atoms with Gasteiger partial charge in [0.1, 0.15) is 5.78 Å². The van der Waals surface area contributed by atoms with Crippen molar-refractivity contribution < 1.29 is 4.79 Å². The maximum absolute atomic E-state index is 12.4. The molecule has 1 unspecified atom stereocenters. The van der Waals surface area contributed by atoms with Crippen molar-refractivity contribution in [2.45, 2.75) is 64.3 Å². The van der Waals surface area contributed by atoms with Gasteiger partial charge in [-0.15, -0.1) is 0 Å². The second kappa shape index (κ2) is 6.74. The van der Waals surface area contributed by atoms with Crippen LogP contribution in [0.3, 0.4) is 0 Å². The summed E-state index contributed by atoms with van der Waals surface area (Å²) in [6.07, 6.45) is 9.14. The van der Waals surface area contributed by atoms with E-state index >= 15 is 0 Å². The van der Waals surface area contributed by atoms with Crippen molar-refractivity contribution in [1.82, 2.24) is 4.90 Å². The first kappa shape index (κ1) is 14.8. The summed E-state index contributed by atoms with van der Waals surface area (Å²) < 4.78 is 0. The molecule has 3 rings (SSSR count). The van der Waals surface area contributed by atoms with Gasteiger partial charge in [0.05, 0.1) is 6.04 Å². The topological polar surface area (TPSA) is 20.3 Å². The molecule has 2 heteroatoms. The van der Waals surface area contributed by atoms with E-state index in [0.717, 1.165) is 19.5 Å². The lowest BCUT2D eigenvalue weighted by molar-refractivity contribution is -0.123. The van der Waals surface area contributed by atoms with Crippen LogP contribution in [-0.4, -0.2) is 29.8 Å². The predicted octanol–water partition coefficient (Wildman–Crippen LogP) is 3.55. The Balaban J connectivity index is 1.83. The Morgan fingerprint density at radius 3 is 2.67 bits per heavy atom. The molecule has 0 bridgehead atoms. The summed E-state index contributed by atoms with van der Waals surface area (Å²) >= 11 is 0. The maximum atomic E-state index is 12.4. The molecule has 1 atom stereocenters. The van der Waals surface area contributed by atoms with E-state index in [4.69, 9.17) is 0 Å². The van der Waals surface area contributed by atoms with E-state index in [0.29, 0.717) is 12.2 Å². The maximum Gasteiger partial charge on any atom is 0.150 e. The van der Waals surface area contributed by atoms with Crippen molar-refractivity contribution in [2.75, 3.05) is 13.1 Å². The van der Waals surface area contributed by atoms with E-state index < -0.39 is 0 Å². The molecule has 1 heterocycles. The fourth-order valence-corrected chi connectivity index (χ4v) is 4.00. The zero-order chi connectivity index (χ0) is 14.7. The number of carbonyl (C=O) groups excluding carboxylic acids is 1. The second-order valence-electron chi connectivity index (χ2n) is 6.54. The van der Waals surface area contributed by atoms with Gasteiger partial charge >= 0.3 is 0 Å². The van der Waals surface area contributed by atoms with E-state index in [2.05, 4.69) is 23.1 Å². The van der Waals surface area contributed by atoms with Crippen LogP contribution >= 0.6 is 0 Å². The molecule has 2 aliphatic rings. The second-order valence-corrected chi connectivity index (χ2v) is 6.54. The third-order valence-electron chi connectivity index (χ3n) is 5.21. The number of nitrogens with zero attached hydrogens (tertiary/aromatic N) is 1. The minimum absolute atomic E-state index is 0.117. The highest BCUT2D eigenvalue weighted by molar-refractivity contribution is 5.84. The van der Waals surface area contributed by atoms with E-state index in [1.165, 1.54) is 49.7 Å². The summed E-state index contributed by atoms with van der Waals surface area (Å²) in [7, 11) is 0. The molecule has 0 N–H and O–H groups in total. The number of rotatable bonds is 5. The lowest BCUT2D eigenvalue weighted by Crippen LogP contribution is -2.41. The lowest BCUT2D eigenvalue weighted by atomic mass is 9.85. The van der Waals surface area contributed by atoms with Crippen LogP contribution in [0.2, 0.25) is 0 Å². The Morgan fingerprint density at radius 2 is 1.90 bits per heavy atom. The fraction of sp³-hybridized carbons (Fsp3) is 0.632. The molecular weight excluding hydrogens is 258 g/mol. The number of likely N-dealkylation sites (tertiary alicyclic amines) is 1. The van der Waals surface area contributed by atoms with Crippen molar-refractivity contribution in [2.24, 2.45) is 0 Å². The third kappa shape index (κ3) is 3.21. The molecule has 1 aliphatic heterocycles. The summed E-state index contributed by atoms with van der Waals surface area (Å²) in [6, 6.07) is 6.85. The predicted molar refractivity (Wildman–Crippen MR) is 86.7 cm³/mol. The lowest BCUT2D eigenvalue weighted by Gasteiger charge is -2.28. The van der Waals surface area contributed by atoms with Crippen LogP contribution in [0, 0.1) is 0 Å². The van der Waals surface area contributed by atoms with Gasteiger partial charge in [0.2, 0.25) is 0 Å². The number of hydrogen-bond acceptors (Lipinski definition) is 2. The van der Waals surface area contributed by atoms with Crippen LogP contribution in [0.5, 0.6) is 0 Å². The van der Waals surface area contributed by atoms with Crippen LogP contribution < -0.4 is 0 Å². The highest BCUT2D eigenvalue weighted by Gasteiger charge is 2.28. The molecule has 1 fully saturated rings. The van der Waals surface area contributed by atoms with Crippen molar-refractivity contribution in [3.63, 3.8) is 0 Å². The molecule has 2 nitrogen and oxygen atoms in total. The van der Waals surface area contributed by atoms with Gasteiger partial charge in [0.15, 0.2) is 0 Å². The molecule has 1 aromatic carbocycles. The summed E-state index contributed by atoms with van der Waals surface area (Å²) in [5, 5.41) is 0. The molecule has 1 saturated heterocycles. The molecule has 1 aliphatic carbocycles. The first-order chi connectivity index (χ1) is 10.3. The van der Waals surface area contributed by atoms with Crippen LogP contribution in [0.15, 0.2) is 18.2 Å². The van der Waals surface area contributed by atoms with Gasteiger partial charge in [-0.1, -0.05) is 25.1 Å². The number of Topliss-reactive ketones (excluding diaryl/α,β-unsaturated/α-hetero) is 1. The fourth-order valence-electron chi connectivity index (χ4n) is 4.00. The Kier molecular flexibility index (Phi) is 4.74. The highest BCUT2D eigenvalue weighted by atomic mass is 16.1. The Hall–Kier alpha value is -1.15. The summed E-state index contributed by atoms with van der Waals surface area (Å²) in [5.41, 5.74) is 4.52. The van der Waals surface area contributed by atoms with Crippen molar-refractivity contribution in [1.29, 1.82) is 0 Å². The minimum Gasteiger partial charge on any atom is -0.298 e. The van der Waals surface area contributed by atoms with Gasteiger partial charge < -0.3 is 0 Å². The number of ketones is 1. The van der Waals surface area contributed by atoms with Gasteiger partial charge in [-0.25, -0.2) is 0 Å². The molecule has 0 radical (unpaired) electrons. The molecular formula is C19H27NO.